The van der Waals surface area contributed by atoms with Gasteiger partial charge in [0, 0.05) is 6.04 Å². The van der Waals surface area contributed by atoms with E-state index in [1.54, 1.807) is 0 Å². The first kappa shape index (κ1) is 18.9. The molecule has 0 aromatic heterocycles. The maximum atomic E-state index is 13.2. The fourth-order valence-electron chi connectivity index (χ4n) is 2.69. The highest BCUT2D eigenvalue weighted by molar-refractivity contribution is 5.46. The maximum absolute atomic E-state index is 13.2. The standard InChI is InChI=1S/C14H12F9N/c1-24-11(6-2-3-6)8-4-7(12(15,16)17)5-9(13(18,19)20)10(8)14(21,22)23/h4-6,11,24H,2-3H2,1H3. The maximum Gasteiger partial charge on any atom is 0.417 e. The van der Waals surface area contributed by atoms with E-state index in [0.29, 0.717) is 12.8 Å². The van der Waals surface area contributed by atoms with Crippen molar-refractivity contribution in [3.8, 4) is 0 Å². The van der Waals surface area contributed by atoms with E-state index < -0.39 is 58.8 Å². The molecule has 1 nitrogen and oxygen atoms in total. The lowest BCUT2D eigenvalue weighted by Gasteiger charge is -2.26. The summed E-state index contributed by atoms with van der Waals surface area (Å²) in [5, 5.41) is 2.42. The van der Waals surface area contributed by atoms with Crippen molar-refractivity contribution < 1.29 is 39.5 Å². The topological polar surface area (TPSA) is 12.0 Å². The van der Waals surface area contributed by atoms with Gasteiger partial charge >= 0.3 is 18.5 Å². The minimum absolute atomic E-state index is 0.164. The van der Waals surface area contributed by atoms with Gasteiger partial charge in [-0.3, -0.25) is 0 Å². The van der Waals surface area contributed by atoms with E-state index in [9.17, 15) is 39.5 Å². The minimum Gasteiger partial charge on any atom is -0.313 e. The molecule has 1 unspecified atom stereocenters. The highest BCUT2D eigenvalue weighted by Crippen LogP contribution is 2.50. The molecule has 2 rings (SSSR count). The molecule has 1 saturated carbocycles. The number of benzene rings is 1. The van der Waals surface area contributed by atoms with Crippen molar-refractivity contribution in [2.24, 2.45) is 5.92 Å². The number of rotatable bonds is 3. The van der Waals surface area contributed by atoms with Crippen LogP contribution in [0.1, 0.15) is 41.1 Å². The first-order valence-corrected chi connectivity index (χ1v) is 6.83. The lowest BCUT2D eigenvalue weighted by Crippen LogP contribution is -2.27. The summed E-state index contributed by atoms with van der Waals surface area (Å²) in [4.78, 5) is 0. The first-order valence-electron chi connectivity index (χ1n) is 6.83. The van der Waals surface area contributed by atoms with Gasteiger partial charge in [0.15, 0.2) is 0 Å². The van der Waals surface area contributed by atoms with Crippen molar-refractivity contribution >= 4 is 0 Å². The van der Waals surface area contributed by atoms with Crippen molar-refractivity contribution in [1.29, 1.82) is 0 Å². The van der Waals surface area contributed by atoms with E-state index in [1.807, 2.05) is 0 Å². The van der Waals surface area contributed by atoms with Crippen LogP contribution in [0.2, 0.25) is 0 Å². The third kappa shape index (κ3) is 3.79. The predicted molar refractivity (Wildman–Crippen MR) is 66.0 cm³/mol. The smallest absolute Gasteiger partial charge is 0.313 e. The normalized spacial score (nSPS) is 17.9. The summed E-state index contributed by atoms with van der Waals surface area (Å²) in [6.45, 7) is 0. The zero-order valence-corrected chi connectivity index (χ0v) is 12.1. The molecule has 10 heteroatoms. The fourth-order valence-corrected chi connectivity index (χ4v) is 2.69. The molecule has 0 aliphatic heterocycles. The number of alkyl halides is 9. The van der Waals surface area contributed by atoms with Crippen molar-refractivity contribution in [3.05, 3.63) is 34.4 Å². The highest BCUT2D eigenvalue weighted by atomic mass is 19.4. The van der Waals surface area contributed by atoms with Crippen LogP contribution in [0.15, 0.2) is 12.1 Å². The molecule has 1 aliphatic rings. The molecule has 0 radical (unpaired) electrons. The summed E-state index contributed by atoms with van der Waals surface area (Å²) < 4.78 is 117. The van der Waals surface area contributed by atoms with Gasteiger partial charge in [-0.2, -0.15) is 39.5 Å². The van der Waals surface area contributed by atoms with Crippen molar-refractivity contribution in [1.82, 2.24) is 5.32 Å². The monoisotopic (exact) mass is 365 g/mol. The van der Waals surface area contributed by atoms with Crippen LogP contribution in [-0.2, 0) is 18.5 Å². The van der Waals surface area contributed by atoms with E-state index in [4.69, 9.17) is 0 Å². The Bertz CT molecular complexity index is 608. The van der Waals surface area contributed by atoms with Crippen LogP contribution < -0.4 is 5.32 Å². The van der Waals surface area contributed by atoms with Crippen LogP contribution in [0.3, 0.4) is 0 Å². The van der Waals surface area contributed by atoms with Gasteiger partial charge in [-0.25, -0.2) is 0 Å². The van der Waals surface area contributed by atoms with E-state index in [0.717, 1.165) is 0 Å². The first-order chi connectivity index (χ1) is 10.8. The second kappa shape index (κ2) is 5.82. The van der Waals surface area contributed by atoms with Gasteiger partial charge in [0.25, 0.3) is 0 Å². The SMILES string of the molecule is CNC(c1cc(C(F)(F)F)cc(C(F)(F)F)c1C(F)(F)F)C1CC1. The van der Waals surface area contributed by atoms with Crippen LogP contribution in [-0.4, -0.2) is 7.05 Å². The molecule has 1 aromatic rings. The van der Waals surface area contributed by atoms with Crippen LogP contribution in [0.5, 0.6) is 0 Å². The van der Waals surface area contributed by atoms with E-state index >= 15 is 0 Å². The lowest BCUT2D eigenvalue weighted by molar-refractivity contribution is -0.164. The minimum atomic E-state index is -5.57. The van der Waals surface area contributed by atoms with Crippen molar-refractivity contribution in [2.45, 2.75) is 37.4 Å². The summed E-state index contributed by atoms with van der Waals surface area (Å²) in [6.07, 6.45) is -15.3. The summed E-state index contributed by atoms with van der Waals surface area (Å²) in [5.74, 6) is -0.430. The molecule has 0 amide bonds. The largest absolute Gasteiger partial charge is 0.417 e. The Balaban J connectivity index is 2.82. The summed E-state index contributed by atoms with van der Waals surface area (Å²) in [5.41, 5.74) is -7.15. The second-order valence-corrected chi connectivity index (χ2v) is 5.59. The van der Waals surface area contributed by atoms with E-state index in [2.05, 4.69) is 5.32 Å². The molecule has 1 atom stereocenters. The van der Waals surface area contributed by atoms with Crippen LogP contribution in [0.4, 0.5) is 39.5 Å². The summed E-state index contributed by atoms with van der Waals surface area (Å²) in [6, 6.07) is -1.55. The Morgan fingerprint density at radius 3 is 1.75 bits per heavy atom. The molecule has 1 fully saturated rings. The second-order valence-electron chi connectivity index (χ2n) is 5.59. The Morgan fingerprint density at radius 1 is 0.875 bits per heavy atom. The van der Waals surface area contributed by atoms with Crippen LogP contribution in [0, 0.1) is 5.92 Å². The van der Waals surface area contributed by atoms with Crippen LogP contribution in [0.25, 0.3) is 0 Å². The zero-order valence-electron chi connectivity index (χ0n) is 12.1. The fraction of sp³-hybridized carbons (Fsp3) is 0.571. The molecule has 0 saturated heterocycles. The molecular weight excluding hydrogens is 353 g/mol. The number of nitrogens with one attached hydrogen (secondary N) is 1. The lowest BCUT2D eigenvalue weighted by atomic mass is 9.90. The van der Waals surface area contributed by atoms with Crippen LogP contribution >= 0.6 is 0 Å². The molecule has 0 bridgehead atoms. The van der Waals surface area contributed by atoms with Gasteiger partial charge < -0.3 is 5.32 Å². The molecule has 0 spiro atoms. The molecule has 0 heterocycles. The average Bonchev–Trinajstić information content (AvgIpc) is 3.20. The quantitative estimate of drug-likeness (QED) is 0.706. The van der Waals surface area contributed by atoms with Gasteiger partial charge in [-0.1, -0.05) is 0 Å². The van der Waals surface area contributed by atoms with E-state index in [-0.39, 0.29) is 6.07 Å². The molecule has 136 valence electrons. The number of hydrogen-bond acceptors (Lipinski definition) is 1. The summed E-state index contributed by atoms with van der Waals surface area (Å²) in [7, 11) is 1.21. The molecule has 1 aromatic carbocycles. The van der Waals surface area contributed by atoms with Crippen molar-refractivity contribution in [3.63, 3.8) is 0 Å². The van der Waals surface area contributed by atoms with Gasteiger partial charge in [0.05, 0.1) is 16.7 Å². The van der Waals surface area contributed by atoms with Gasteiger partial charge in [0.1, 0.15) is 0 Å². The van der Waals surface area contributed by atoms with Gasteiger partial charge in [-0.15, -0.1) is 0 Å². The zero-order chi connectivity index (χ0) is 18.5. The Morgan fingerprint density at radius 2 is 1.42 bits per heavy atom. The highest BCUT2D eigenvalue weighted by Gasteiger charge is 2.49. The van der Waals surface area contributed by atoms with E-state index in [1.165, 1.54) is 7.05 Å². The third-order valence-corrected chi connectivity index (χ3v) is 3.82. The Hall–Kier alpha value is -1.45. The number of halogens is 9. The summed E-state index contributed by atoms with van der Waals surface area (Å²) >= 11 is 0. The molecule has 1 aliphatic carbocycles. The Kier molecular flexibility index (Phi) is 4.58. The molecule has 1 N–H and O–H groups in total. The molecule has 24 heavy (non-hydrogen) atoms. The average molecular weight is 365 g/mol. The molecular formula is C14H12F9N. The van der Waals surface area contributed by atoms with Gasteiger partial charge in [-0.05, 0) is 43.5 Å². The van der Waals surface area contributed by atoms with Gasteiger partial charge in [0.2, 0.25) is 0 Å². The number of hydrogen-bond donors (Lipinski definition) is 1. The van der Waals surface area contributed by atoms with Crippen molar-refractivity contribution in [2.75, 3.05) is 7.05 Å². The predicted octanol–water partition coefficient (Wildman–Crippen LogP) is 5.41. The third-order valence-electron chi connectivity index (χ3n) is 3.82. The Labute approximate surface area is 130 Å².